The number of benzene rings is 1. The Morgan fingerprint density at radius 1 is 1.36 bits per heavy atom. The fourth-order valence-corrected chi connectivity index (χ4v) is 3.80. The van der Waals surface area contributed by atoms with E-state index in [1.54, 1.807) is 4.90 Å². The highest BCUT2D eigenvalue weighted by atomic mass is 32.1. The third kappa shape index (κ3) is 3.23. The molecule has 0 aliphatic heterocycles. The van der Waals surface area contributed by atoms with Gasteiger partial charge in [0.15, 0.2) is 5.13 Å². The van der Waals surface area contributed by atoms with Crippen molar-refractivity contribution in [2.75, 3.05) is 11.9 Å². The summed E-state index contributed by atoms with van der Waals surface area (Å²) in [6.07, 6.45) is 11.1. The van der Waals surface area contributed by atoms with Crippen LogP contribution in [0, 0.1) is 12.3 Å². The van der Waals surface area contributed by atoms with Gasteiger partial charge >= 0.3 is 6.03 Å². The van der Waals surface area contributed by atoms with E-state index in [2.05, 4.69) is 16.2 Å². The Labute approximate surface area is 134 Å². The third-order valence-electron chi connectivity index (χ3n) is 4.05. The van der Waals surface area contributed by atoms with Crippen LogP contribution in [-0.4, -0.2) is 28.5 Å². The van der Waals surface area contributed by atoms with E-state index in [1.807, 2.05) is 24.3 Å². The van der Waals surface area contributed by atoms with Crippen molar-refractivity contribution in [3.05, 3.63) is 24.3 Å². The number of nitrogens with one attached hydrogen (secondary N) is 1. The van der Waals surface area contributed by atoms with Gasteiger partial charge in [-0.25, -0.2) is 9.78 Å². The molecule has 1 aromatic heterocycles. The molecule has 0 atom stereocenters. The quantitative estimate of drug-likeness (QED) is 0.867. The number of amides is 2. The maximum absolute atomic E-state index is 12.6. The SMILES string of the molecule is C#CCN(C(=O)Nc1nc2ccccc2s1)C1CCCCC1. The van der Waals surface area contributed by atoms with Crippen LogP contribution < -0.4 is 5.32 Å². The molecule has 1 heterocycles. The normalized spacial score (nSPS) is 15.4. The Bertz CT molecular complexity index is 664. The van der Waals surface area contributed by atoms with E-state index in [1.165, 1.54) is 30.6 Å². The molecular formula is C17H19N3OS. The number of urea groups is 1. The van der Waals surface area contributed by atoms with Gasteiger partial charge in [-0.15, -0.1) is 6.42 Å². The minimum absolute atomic E-state index is 0.135. The van der Waals surface area contributed by atoms with Gasteiger partial charge in [-0.05, 0) is 25.0 Å². The van der Waals surface area contributed by atoms with E-state index in [0.717, 1.165) is 23.1 Å². The van der Waals surface area contributed by atoms with Gasteiger partial charge in [0.1, 0.15) is 0 Å². The number of hydrogen-bond acceptors (Lipinski definition) is 3. The monoisotopic (exact) mass is 313 g/mol. The highest BCUT2D eigenvalue weighted by Crippen LogP contribution is 2.27. The highest BCUT2D eigenvalue weighted by Gasteiger charge is 2.25. The van der Waals surface area contributed by atoms with Crippen molar-refractivity contribution in [3.63, 3.8) is 0 Å². The van der Waals surface area contributed by atoms with Crippen LogP contribution in [0.4, 0.5) is 9.93 Å². The zero-order valence-corrected chi connectivity index (χ0v) is 13.2. The van der Waals surface area contributed by atoms with Crippen LogP contribution in [0.25, 0.3) is 10.2 Å². The van der Waals surface area contributed by atoms with E-state index >= 15 is 0 Å². The van der Waals surface area contributed by atoms with E-state index < -0.39 is 0 Å². The molecule has 1 saturated carbocycles. The largest absolute Gasteiger partial charge is 0.324 e. The van der Waals surface area contributed by atoms with Gasteiger partial charge in [-0.1, -0.05) is 48.7 Å². The summed E-state index contributed by atoms with van der Waals surface area (Å²) in [4.78, 5) is 18.8. The second-order valence-electron chi connectivity index (χ2n) is 5.54. The van der Waals surface area contributed by atoms with Crippen molar-refractivity contribution in [2.24, 2.45) is 0 Å². The van der Waals surface area contributed by atoms with Gasteiger partial charge in [0.25, 0.3) is 0 Å². The molecule has 0 spiro atoms. The summed E-state index contributed by atoms with van der Waals surface area (Å²) in [5, 5.41) is 3.54. The number of hydrogen-bond donors (Lipinski definition) is 1. The summed E-state index contributed by atoms with van der Waals surface area (Å²) in [6, 6.07) is 7.98. The van der Waals surface area contributed by atoms with Crippen molar-refractivity contribution in [2.45, 2.75) is 38.1 Å². The van der Waals surface area contributed by atoms with Crippen LogP contribution in [0.2, 0.25) is 0 Å². The minimum Gasteiger partial charge on any atom is -0.310 e. The number of fused-ring (bicyclic) bond motifs is 1. The Morgan fingerprint density at radius 2 is 2.14 bits per heavy atom. The molecule has 3 rings (SSSR count). The predicted octanol–water partition coefficient (Wildman–Crippen LogP) is 4.10. The lowest BCUT2D eigenvalue weighted by Gasteiger charge is -2.32. The summed E-state index contributed by atoms with van der Waals surface area (Å²) in [5.74, 6) is 2.61. The van der Waals surface area contributed by atoms with Crippen molar-refractivity contribution >= 4 is 32.7 Å². The summed E-state index contributed by atoms with van der Waals surface area (Å²) in [5.41, 5.74) is 0.906. The van der Waals surface area contributed by atoms with Gasteiger partial charge in [-0.3, -0.25) is 5.32 Å². The third-order valence-corrected chi connectivity index (χ3v) is 5.00. The zero-order chi connectivity index (χ0) is 15.4. The molecule has 0 radical (unpaired) electrons. The number of terminal acetylenes is 1. The second kappa shape index (κ2) is 6.80. The Hall–Kier alpha value is -2.06. The van der Waals surface area contributed by atoms with Crippen LogP contribution in [0.15, 0.2) is 24.3 Å². The molecule has 4 nitrogen and oxygen atoms in total. The number of aromatic nitrogens is 1. The number of carbonyl (C=O) groups is 1. The minimum atomic E-state index is -0.135. The first-order valence-corrected chi connectivity index (χ1v) is 8.46. The Kier molecular flexibility index (Phi) is 4.59. The zero-order valence-electron chi connectivity index (χ0n) is 12.4. The fourth-order valence-electron chi connectivity index (χ4n) is 2.95. The van der Waals surface area contributed by atoms with Crippen LogP contribution in [-0.2, 0) is 0 Å². The van der Waals surface area contributed by atoms with Crippen LogP contribution in [0.1, 0.15) is 32.1 Å². The lowest BCUT2D eigenvalue weighted by molar-refractivity contribution is 0.178. The number of thiazole rings is 1. The van der Waals surface area contributed by atoms with Crippen LogP contribution >= 0.6 is 11.3 Å². The second-order valence-corrected chi connectivity index (χ2v) is 6.57. The number of anilines is 1. The standard InChI is InChI=1S/C17H19N3OS/c1-2-12-20(13-8-4-3-5-9-13)17(21)19-16-18-14-10-6-7-11-15(14)22-16/h1,6-7,10-11,13H,3-5,8-9,12H2,(H,18,19,21). The molecule has 2 amide bonds. The predicted molar refractivity (Wildman–Crippen MR) is 91.1 cm³/mol. The van der Waals surface area contributed by atoms with Gasteiger partial charge in [0.05, 0.1) is 16.8 Å². The molecule has 1 aromatic carbocycles. The van der Waals surface area contributed by atoms with Crippen molar-refractivity contribution in [1.82, 2.24) is 9.88 Å². The molecule has 114 valence electrons. The number of carbonyl (C=O) groups excluding carboxylic acids is 1. The molecule has 1 aliphatic rings. The lowest BCUT2D eigenvalue weighted by atomic mass is 9.94. The van der Waals surface area contributed by atoms with Crippen LogP contribution in [0.3, 0.4) is 0 Å². The highest BCUT2D eigenvalue weighted by molar-refractivity contribution is 7.22. The first kappa shape index (κ1) is 14.9. The topological polar surface area (TPSA) is 45.2 Å². The summed E-state index contributed by atoms with van der Waals surface area (Å²) in [7, 11) is 0. The molecule has 2 aromatic rings. The van der Waals surface area contributed by atoms with Crippen molar-refractivity contribution < 1.29 is 4.79 Å². The molecule has 0 saturated heterocycles. The number of rotatable bonds is 3. The fraction of sp³-hybridized carbons (Fsp3) is 0.412. The molecule has 0 bridgehead atoms. The molecular weight excluding hydrogens is 294 g/mol. The van der Waals surface area contributed by atoms with Gasteiger partial charge < -0.3 is 4.90 Å². The van der Waals surface area contributed by atoms with Crippen molar-refractivity contribution in [1.29, 1.82) is 0 Å². The average Bonchev–Trinajstić information content (AvgIpc) is 2.95. The van der Waals surface area contributed by atoms with E-state index in [4.69, 9.17) is 6.42 Å². The smallest absolute Gasteiger partial charge is 0.310 e. The first-order chi connectivity index (χ1) is 10.8. The van der Waals surface area contributed by atoms with Gasteiger partial charge in [-0.2, -0.15) is 0 Å². The summed E-state index contributed by atoms with van der Waals surface area (Å²) in [6.45, 7) is 0.349. The average molecular weight is 313 g/mol. The maximum atomic E-state index is 12.6. The van der Waals surface area contributed by atoms with E-state index in [-0.39, 0.29) is 12.1 Å². The van der Waals surface area contributed by atoms with E-state index in [9.17, 15) is 4.79 Å². The van der Waals surface area contributed by atoms with Gasteiger partial charge in [0.2, 0.25) is 0 Å². The van der Waals surface area contributed by atoms with Crippen LogP contribution in [0.5, 0.6) is 0 Å². The molecule has 1 fully saturated rings. The molecule has 0 unspecified atom stereocenters. The Balaban J connectivity index is 1.73. The molecule has 1 aliphatic carbocycles. The van der Waals surface area contributed by atoms with E-state index in [0.29, 0.717) is 11.7 Å². The lowest BCUT2D eigenvalue weighted by Crippen LogP contribution is -2.44. The first-order valence-electron chi connectivity index (χ1n) is 7.64. The maximum Gasteiger partial charge on any atom is 0.324 e. The number of para-hydroxylation sites is 1. The summed E-state index contributed by atoms with van der Waals surface area (Å²) >= 11 is 1.49. The number of nitrogens with zero attached hydrogens (tertiary/aromatic N) is 2. The molecule has 22 heavy (non-hydrogen) atoms. The van der Waals surface area contributed by atoms with Gasteiger partial charge in [0, 0.05) is 6.04 Å². The van der Waals surface area contributed by atoms with Crippen molar-refractivity contribution in [3.8, 4) is 12.3 Å². The Morgan fingerprint density at radius 3 is 2.86 bits per heavy atom. The molecule has 5 heteroatoms. The molecule has 1 N–H and O–H groups in total. The summed E-state index contributed by atoms with van der Waals surface area (Å²) < 4.78 is 1.07.